The molecule has 14 heavy (non-hydrogen) atoms. The molecule has 0 aromatic heterocycles. The summed E-state index contributed by atoms with van der Waals surface area (Å²) in [5.74, 6) is 0.983. The first-order valence-electron chi connectivity index (χ1n) is 6.04. The Morgan fingerprint density at radius 1 is 1.43 bits per heavy atom. The first kappa shape index (κ1) is 10.4. The van der Waals surface area contributed by atoms with Gasteiger partial charge < -0.3 is 10.5 Å². The molecule has 3 atom stereocenters. The van der Waals surface area contributed by atoms with Crippen molar-refractivity contribution in [2.24, 2.45) is 17.1 Å². The molecule has 0 radical (unpaired) electrons. The predicted molar refractivity (Wildman–Crippen MR) is 58.1 cm³/mol. The minimum absolute atomic E-state index is 0.254. The van der Waals surface area contributed by atoms with Gasteiger partial charge in [0.05, 0.1) is 6.10 Å². The zero-order valence-electron chi connectivity index (χ0n) is 9.46. The number of hydrogen-bond acceptors (Lipinski definition) is 2. The average Bonchev–Trinajstić information content (AvgIpc) is 2.99. The van der Waals surface area contributed by atoms with Gasteiger partial charge >= 0.3 is 0 Å². The molecule has 0 amide bonds. The lowest BCUT2D eigenvalue weighted by atomic mass is 9.62. The number of ether oxygens (including phenoxy) is 1. The quantitative estimate of drug-likeness (QED) is 0.734. The summed E-state index contributed by atoms with van der Waals surface area (Å²) in [6.45, 7) is 5.44. The van der Waals surface area contributed by atoms with Crippen LogP contribution in [0.15, 0.2) is 0 Å². The van der Waals surface area contributed by atoms with Gasteiger partial charge in [0.2, 0.25) is 0 Å². The Balaban J connectivity index is 1.70. The van der Waals surface area contributed by atoms with Crippen LogP contribution in [0.2, 0.25) is 0 Å². The summed E-state index contributed by atoms with van der Waals surface area (Å²) >= 11 is 0. The number of hydrogen-bond donors (Lipinski definition) is 1. The third-order valence-electron chi connectivity index (χ3n) is 4.35. The highest BCUT2D eigenvalue weighted by atomic mass is 16.5. The van der Waals surface area contributed by atoms with Crippen molar-refractivity contribution in [3.05, 3.63) is 0 Å². The fourth-order valence-corrected chi connectivity index (χ4v) is 2.38. The van der Waals surface area contributed by atoms with Gasteiger partial charge in [-0.2, -0.15) is 0 Å². The normalized spacial score (nSPS) is 42.2. The van der Waals surface area contributed by atoms with Crippen molar-refractivity contribution in [3.8, 4) is 0 Å². The molecule has 2 heteroatoms. The maximum absolute atomic E-state index is 6.02. The van der Waals surface area contributed by atoms with E-state index >= 15 is 0 Å². The molecule has 2 saturated carbocycles. The van der Waals surface area contributed by atoms with Crippen LogP contribution in [0.4, 0.5) is 0 Å². The van der Waals surface area contributed by atoms with Crippen LogP contribution >= 0.6 is 0 Å². The molecule has 2 nitrogen and oxygen atoms in total. The molecule has 0 aromatic carbocycles. The van der Waals surface area contributed by atoms with Crippen LogP contribution in [0.1, 0.15) is 46.0 Å². The van der Waals surface area contributed by atoms with Gasteiger partial charge in [0.1, 0.15) is 0 Å². The second-order valence-electron chi connectivity index (χ2n) is 5.29. The average molecular weight is 197 g/mol. The second kappa shape index (κ2) is 3.82. The molecular weight excluding hydrogens is 174 g/mol. The van der Waals surface area contributed by atoms with Gasteiger partial charge in [-0.25, -0.2) is 0 Å². The minimum Gasteiger partial charge on any atom is -0.378 e. The maximum Gasteiger partial charge on any atom is 0.0658 e. The Bertz CT molecular complexity index is 202. The lowest BCUT2D eigenvalue weighted by molar-refractivity contribution is -0.120. The monoisotopic (exact) mass is 197 g/mol. The largest absolute Gasteiger partial charge is 0.378 e. The van der Waals surface area contributed by atoms with Crippen molar-refractivity contribution in [1.82, 2.24) is 0 Å². The fourth-order valence-electron chi connectivity index (χ4n) is 2.38. The van der Waals surface area contributed by atoms with E-state index in [0.29, 0.717) is 12.1 Å². The van der Waals surface area contributed by atoms with Crippen molar-refractivity contribution in [2.75, 3.05) is 6.61 Å². The molecule has 0 saturated heterocycles. The molecule has 2 aliphatic carbocycles. The summed E-state index contributed by atoms with van der Waals surface area (Å²) in [6, 6.07) is 0.360. The van der Waals surface area contributed by atoms with Crippen LogP contribution < -0.4 is 5.73 Å². The van der Waals surface area contributed by atoms with E-state index in [0.717, 1.165) is 25.4 Å². The molecular formula is C12H23NO. The summed E-state index contributed by atoms with van der Waals surface area (Å²) in [6.07, 6.45) is 6.77. The first-order valence-corrected chi connectivity index (χ1v) is 6.04. The van der Waals surface area contributed by atoms with Crippen molar-refractivity contribution in [2.45, 2.75) is 58.1 Å². The predicted octanol–water partition coefficient (Wildman–Crippen LogP) is 2.32. The van der Waals surface area contributed by atoms with Crippen molar-refractivity contribution in [1.29, 1.82) is 0 Å². The van der Waals surface area contributed by atoms with Gasteiger partial charge in [0.25, 0.3) is 0 Å². The van der Waals surface area contributed by atoms with Crippen LogP contribution in [0, 0.1) is 11.3 Å². The van der Waals surface area contributed by atoms with Gasteiger partial charge in [0.15, 0.2) is 0 Å². The highest BCUT2D eigenvalue weighted by Gasteiger charge is 2.49. The molecule has 0 spiro atoms. The van der Waals surface area contributed by atoms with E-state index in [4.69, 9.17) is 10.5 Å². The van der Waals surface area contributed by atoms with E-state index in [1.165, 1.54) is 19.3 Å². The van der Waals surface area contributed by atoms with Gasteiger partial charge in [-0.3, -0.25) is 0 Å². The summed E-state index contributed by atoms with van der Waals surface area (Å²) in [7, 11) is 0. The third-order valence-corrected chi connectivity index (χ3v) is 4.35. The van der Waals surface area contributed by atoms with Gasteiger partial charge in [-0.1, -0.05) is 26.7 Å². The highest BCUT2D eigenvalue weighted by Crippen LogP contribution is 2.45. The number of rotatable bonds is 5. The summed E-state index contributed by atoms with van der Waals surface area (Å²) in [4.78, 5) is 0. The van der Waals surface area contributed by atoms with Gasteiger partial charge in [0, 0.05) is 18.1 Å². The van der Waals surface area contributed by atoms with Gasteiger partial charge in [-0.15, -0.1) is 0 Å². The Morgan fingerprint density at radius 3 is 2.64 bits per heavy atom. The van der Waals surface area contributed by atoms with Crippen molar-refractivity contribution in [3.63, 3.8) is 0 Å². The summed E-state index contributed by atoms with van der Waals surface area (Å²) in [5.41, 5.74) is 6.28. The Morgan fingerprint density at radius 2 is 2.14 bits per heavy atom. The second-order valence-corrected chi connectivity index (χ2v) is 5.29. The lowest BCUT2D eigenvalue weighted by Crippen LogP contribution is -2.60. The molecule has 2 N–H and O–H groups in total. The van der Waals surface area contributed by atoms with E-state index in [9.17, 15) is 0 Å². The Kier molecular flexibility index (Phi) is 2.85. The molecule has 3 unspecified atom stereocenters. The minimum atomic E-state index is 0.254. The van der Waals surface area contributed by atoms with E-state index < -0.39 is 0 Å². The van der Waals surface area contributed by atoms with Gasteiger partial charge in [-0.05, 0) is 25.2 Å². The molecule has 0 aromatic rings. The van der Waals surface area contributed by atoms with Crippen LogP contribution in [-0.2, 0) is 4.74 Å². The molecule has 2 rings (SSSR count). The van der Waals surface area contributed by atoms with Crippen LogP contribution in [0.5, 0.6) is 0 Å². The maximum atomic E-state index is 6.02. The first-order chi connectivity index (χ1) is 6.66. The molecule has 0 aliphatic heterocycles. The smallest absolute Gasteiger partial charge is 0.0658 e. The standard InChI is InChI=1S/C12H23NO/c1-3-12(2)10(13)8-11(12)14-7-6-9-4-5-9/h9-11H,3-8,13H2,1-2H3. The third kappa shape index (κ3) is 1.82. The zero-order valence-corrected chi connectivity index (χ0v) is 9.46. The SMILES string of the molecule is CCC1(C)C(N)CC1OCCC1CC1. The number of nitrogens with two attached hydrogens (primary N) is 1. The van der Waals surface area contributed by atoms with E-state index in [-0.39, 0.29) is 5.41 Å². The van der Waals surface area contributed by atoms with Crippen LogP contribution in [0.3, 0.4) is 0 Å². The molecule has 2 fully saturated rings. The molecule has 2 aliphatic rings. The van der Waals surface area contributed by atoms with Crippen LogP contribution in [-0.4, -0.2) is 18.8 Å². The highest BCUT2D eigenvalue weighted by molar-refractivity contribution is 5.03. The summed E-state index contributed by atoms with van der Waals surface area (Å²) < 4.78 is 5.93. The Labute approximate surface area is 87.2 Å². The molecule has 82 valence electrons. The lowest BCUT2D eigenvalue weighted by Gasteiger charge is -2.51. The summed E-state index contributed by atoms with van der Waals surface area (Å²) in [5, 5.41) is 0. The zero-order chi connectivity index (χ0) is 10.2. The van der Waals surface area contributed by atoms with E-state index in [2.05, 4.69) is 13.8 Å². The van der Waals surface area contributed by atoms with Crippen molar-refractivity contribution < 1.29 is 4.74 Å². The van der Waals surface area contributed by atoms with E-state index in [1.54, 1.807) is 0 Å². The molecule has 0 bridgehead atoms. The fraction of sp³-hybridized carbons (Fsp3) is 1.00. The molecule has 0 heterocycles. The Hall–Kier alpha value is -0.0800. The van der Waals surface area contributed by atoms with Crippen LogP contribution in [0.25, 0.3) is 0 Å². The topological polar surface area (TPSA) is 35.2 Å². The van der Waals surface area contributed by atoms with E-state index in [1.807, 2.05) is 0 Å². The van der Waals surface area contributed by atoms with Crippen molar-refractivity contribution >= 4 is 0 Å².